The first-order valence-electron chi connectivity index (χ1n) is 21.1. The third-order valence-corrected chi connectivity index (χ3v) is 12.6. The fourth-order valence-electron chi connectivity index (χ4n) is 9.72. The summed E-state index contributed by atoms with van der Waals surface area (Å²) in [6.07, 6.45) is 0. The number of benzene rings is 10. The zero-order valence-electron chi connectivity index (χ0n) is 33.5. The highest BCUT2D eigenvalue weighted by atomic mass is 16.3. The van der Waals surface area contributed by atoms with Crippen molar-refractivity contribution in [3.63, 3.8) is 0 Å². The standard InChI is InChI=1S/C58H36N2O2/c1-2-13-41(14-3-1)60-51-20-8-6-17-50(51)56-52(21-11-22-53(56)60)59(42-30-24-37(25-31-42)40-29-34-47-46-16-7-9-23-54(46)61-55(47)36-40)43-32-26-39(27-33-43)45-18-10-19-48-49-35-28-38-12-4-5-15-44(38)58(49)62-57(45)48/h1-36H. The maximum atomic E-state index is 6.76. The van der Waals surface area contributed by atoms with Gasteiger partial charge >= 0.3 is 0 Å². The Labute approximate surface area is 356 Å². The minimum atomic E-state index is 0.891. The fraction of sp³-hybridized carbons (Fsp3) is 0. The molecule has 3 heterocycles. The first kappa shape index (κ1) is 34.5. The molecular formula is C58H36N2O2. The third kappa shape index (κ3) is 5.27. The summed E-state index contributed by atoms with van der Waals surface area (Å²) in [7, 11) is 0. The molecule has 0 aliphatic carbocycles. The van der Waals surface area contributed by atoms with E-state index < -0.39 is 0 Å². The minimum absolute atomic E-state index is 0.891. The number of fused-ring (bicyclic) bond motifs is 11. The Hall–Kier alpha value is -8.34. The second-order valence-corrected chi connectivity index (χ2v) is 16.0. The smallest absolute Gasteiger partial charge is 0.143 e. The van der Waals surface area contributed by atoms with Crippen LogP contribution >= 0.6 is 0 Å². The lowest BCUT2D eigenvalue weighted by Gasteiger charge is -2.27. The molecule has 0 unspecified atom stereocenters. The third-order valence-electron chi connectivity index (χ3n) is 12.6. The number of hydrogen-bond acceptors (Lipinski definition) is 3. The van der Waals surface area contributed by atoms with E-state index in [0.29, 0.717) is 0 Å². The predicted octanol–water partition coefficient (Wildman–Crippen LogP) is 16.5. The van der Waals surface area contributed by atoms with Crippen molar-refractivity contribution in [2.24, 2.45) is 0 Å². The van der Waals surface area contributed by atoms with E-state index in [0.717, 1.165) is 99.8 Å². The van der Waals surface area contributed by atoms with Crippen LogP contribution in [0.15, 0.2) is 227 Å². The van der Waals surface area contributed by atoms with Crippen molar-refractivity contribution in [1.29, 1.82) is 0 Å². The molecule has 0 aliphatic heterocycles. The second kappa shape index (κ2) is 13.6. The van der Waals surface area contributed by atoms with Gasteiger partial charge in [0.2, 0.25) is 0 Å². The van der Waals surface area contributed by atoms with Crippen LogP contribution in [-0.2, 0) is 0 Å². The Kier molecular flexibility index (Phi) is 7.57. The summed E-state index contributed by atoms with van der Waals surface area (Å²) < 4.78 is 15.4. The molecule has 13 rings (SSSR count). The molecule has 0 bridgehead atoms. The van der Waals surface area contributed by atoms with Gasteiger partial charge in [0.05, 0.1) is 16.7 Å². The van der Waals surface area contributed by atoms with Gasteiger partial charge in [0.15, 0.2) is 0 Å². The summed E-state index contributed by atoms with van der Waals surface area (Å²) in [6.45, 7) is 0. The van der Waals surface area contributed by atoms with Gasteiger partial charge in [0.25, 0.3) is 0 Å². The summed E-state index contributed by atoms with van der Waals surface area (Å²) in [4.78, 5) is 2.40. The Morgan fingerprint density at radius 2 is 0.968 bits per heavy atom. The molecule has 0 fully saturated rings. The highest BCUT2D eigenvalue weighted by molar-refractivity contribution is 6.18. The molecule has 10 aromatic carbocycles. The minimum Gasteiger partial charge on any atom is -0.456 e. The molecule has 0 N–H and O–H groups in total. The number of hydrogen-bond donors (Lipinski definition) is 0. The van der Waals surface area contributed by atoms with Crippen LogP contribution in [0.25, 0.3) is 104 Å². The summed E-state index contributed by atoms with van der Waals surface area (Å²) in [5, 5.41) is 9.20. The summed E-state index contributed by atoms with van der Waals surface area (Å²) in [6, 6.07) is 78.0. The predicted molar refractivity (Wildman–Crippen MR) is 258 cm³/mol. The van der Waals surface area contributed by atoms with E-state index >= 15 is 0 Å². The summed E-state index contributed by atoms with van der Waals surface area (Å²) in [5.41, 5.74) is 14.7. The van der Waals surface area contributed by atoms with E-state index in [1.165, 1.54) is 21.7 Å². The maximum absolute atomic E-state index is 6.76. The van der Waals surface area contributed by atoms with Crippen LogP contribution < -0.4 is 4.90 Å². The van der Waals surface area contributed by atoms with Gasteiger partial charge in [0.1, 0.15) is 22.3 Å². The lowest BCUT2D eigenvalue weighted by atomic mass is 10.0. The van der Waals surface area contributed by atoms with E-state index in [4.69, 9.17) is 8.83 Å². The number of anilines is 3. The van der Waals surface area contributed by atoms with Crippen LogP contribution in [-0.4, -0.2) is 4.57 Å². The number of para-hydroxylation sites is 4. The quantitative estimate of drug-likeness (QED) is 0.168. The normalized spacial score (nSPS) is 11.9. The molecule has 4 heteroatoms. The Bertz CT molecular complexity index is 3850. The SMILES string of the molecule is c1ccc(-n2c3ccccc3c3c(N(c4ccc(-c5ccc6c(c5)oc5ccccc56)cc4)c4ccc(-c5cccc6c5oc5c7ccccc7ccc65)cc4)cccc32)cc1. The van der Waals surface area contributed by atoms with E-state index in [9.17, 15) is 0 Å². The molecule has 4 nitrogen and oxygen atoms in total. The van der Waals surface area contributed by atoms with Gasteiger partial charge in [-0.1, -0.05) is 140 Å². The first-order chi connectivity index (χ1) is 30.7. The lowest BCUT2D eigenvalue weighted by Crippen LogP contribution is -2.10. The summed E-state index contributed by atoms with van der Waals surface area (Å²) in [5.74, 6) is 0. The monoisotopic (exact) mass is 792 g/mol. The average Bonchev–Trinajstić information content (AvgIpc) is 4.02. The maximum Gasteiger partial charge on any atom is 0.143 e. The molecule has 0 radical (unpaired) electrons. The number of aromatic nitrogens is 1. The Morgan fingerprint density at radius 3 is 1.81 bits per heavy atom. The van der Waals surface area contributed by atoms with Gasteiger partial charge in [-0.3, -0.25) is 0 Å². The molecule has 13 aromatic rings. The number of rotatable bonds is 6. The van der Waals surface area contributed by atoms with Crippen LogP contribution in [0.2, 0.25) is 0 Å². The van der Waals surface area contributed by atoms with Crippen molar-refractivity contribution in [2.75, 3.05) is 4.90 Å². The molecule has 0 spiro atoms. The van der Waals surface area contributed by atoms with Crippen molar-refractivity contribution in [2.45, 2.75) is 0 Å². The van der Waals surface area contributed by atoms with Crippen molar-refractivity contribution < 1.29 is 8.83 Å². The molecule has 0 saturated carbocycles. The summed E-state index contributed by atoms with van der Waals surface area (Å²) >= 11 is 0. The fourth-order valence-corrected chi connectivity index (χ4v) is 9.72. The number of furan rings is 2. The topological polar surface area (TPSA) is 34.5 Å². The molecule has 0 aliphatic rings. The van der Waals surface area contributed by atoms with Crippen molar-refractivity contribution in [1.82, 2.24) is 4.57 Å². The van der Waals surface area contributed by atoms with Gasteiger partial charge in [-0.15, -0.1) is 0 Å². The van der Waals surface area contributed by atoms with E-state index in [1.807, 2.05) is 12.1 Å². The first-order valence-corrected chi connectivity index (χ1v) is 21.1. The molecule has 0 atom stereocenters. The zero-order valence-corrected chi connectivity index (χ0v) is 33.5. The van der Waals surface area contributed by atoms with Crippen molar-refractivity contribution >= 4 is 93.5 Å². The van der Waals surface area contributed by atoms with Gasteiger partial charge < -0.3 is 18.3 Å². The molecule has 3 aromatic heterocycles. The molecule has 290 valence electrons. The van der Waals surface area contributed by atoms with Gasteiger partial charge in [-0.25, -0.2) is 0 Å². The number of nitrogens with zero attached hydrogens (tertiary/aromatic N) is 2. The van der Waals surface area contributed by atoms with Gasteiger partial charge in [-0.2, -0.15) is 0 Å². The lowest BCUT2D eigenvalue weighted by molar-refractivity contribution is 0.669. The molecular weight excluding hydrogens is 757 g/mol. The Morgan fingerprint density at radius 1 is 0.355 bits per heavy atom. The van der Waals surface area contributed by atoms with Gasteiger partial charge in [0, 0.05) is 60.3 Å². The van der Waals surface area contributed by atoms with E-state index in [1.54, 1.807) is 0 Å². The van der Waals surface area contributed by atoms with Crippen LogP contribution in [0, 0.1) is 0 Å². The van der Waals surface area contributed by atoms with Gasteiger partial charge in [-0.05, 0) is 101 Å². The average molecular weight is 793 g/mol. The second-order valence-electron chi connectivity index (χ2n) is 16.0. The van der Waals surface area contributed by atoms with Crippen LogP contribution in [0.3, 0.4) is 0 Å². The molecule has 0 amide bonds. The van der Waals surface area contributed by atoms with Crippen LogP contribution in [0.1, 0.15) is 0 Å². The Balaban J connectivity index is 0.974. The van der Waals surface area contributed by atoms with Crippen LogP contribution in [0.5, 0.6) is 0 Å². The van der Waals surface area contributed by atoms with Crippen LogP contribution in [0.4, 0.5) is 17.1 Å². The largest absolute Gasteiger partial charge is 0.456 e. The van der Waals surface area contributed by atoms with Crippen molar-refractivity contribution in [3.05, 3.63) is 218 Å². The molecule has 62 heavy (non-hydrogen) atoms. The van der Waals surface area contributed by atoms with Crippen molar-refractivity contribution in [3.8, 4) is 27.9 Å². The highest BCUT2D eigenvalue weighted by Gasteiger charge is 2.22. The van der Waals surface area contributed by atoms with E-state index in [-0.39, 0.29) is 0 Å². The highest BCUT2D eigenvalue weighted by Crippen LogP contribution is 2.45. The zero-order chi connectivity index (χ0) is 40.7. The molecule has 0 saturated heterocycles. The van der Waals surface area contributed by atoms with E-state index in [2.05, 4.69) is 216 Å².